The van der Waals surface area contributed by atoms with Crippen molar-refractivity contribution >= 4 is 11.6 Å². The number of rotatable bonds is 8. The highest BCUT2D eigenvalue weighted by molar-refractivity contribution is 5.93. The number of anilines is 1. The van der Waals surface area contributed by atoms with E-state index >= 15 is 0 Å². The fraction of sp³-hybridized carbons (Fsp3) is 0.316. The molecule has 4 nitrogen and oxygen atoms in total. The molecule has 0 saturated carbocycles. The zero-order valence-corrected chi connectivity index (χ0v) is 13.7. The fourth-order valence-corrected chi connectivity index (χ4v) is 2.06. The smallest absolute Gasteiger partial charge is 0.238 e. The van der Waals surface area contributed by atoms with Gasteiger partial charge in [-0.05, 0) is 23.6 Å². The summed E-state index contributed by atoms with van der Waals surface area (Å²) in [7, 11) is 0. The van der Waals surface area contributed by atoms with E-state index in [9.17, 15) is 4.79 Å². The molecule has 0 unspecified atom stereocenters. The van der Waals surface area contributed by atoms with Gasteiger partial charge in [0.05, 0.1) is 18.8 Å². The fourth-order valence-electron chi connectivity index (χ4n) is 2.06. The summed E-state index contributed by atoms with van der Waals surface area (Å²) in [6.45, 7) is 5.73. The second-order valence-corrected chi connectivity index (χ2v) is 5.84. The van der Waals surface area contributed by atoms with Crippen molar-refractivity contribution in [1.29, 1.82) is 0 Å². The molecule has 0 aromatic heterocycles. The van der Waals surface area contributed by atoms with E-state index in [1.54, 1.807) is 0 Å². The highest BCUT2D eigenvalue weighted by atomic mass is 16.5. The summed E-state index contributed by atoms with van der Waals surface area (Å²) < 4.78 is 5.74. The topological polar surface area (TPSA) is 50.4 Å². The Kier molecular flexibility index (Phi) is 6.63. The van der Waals surface area contributed by atoms with Crippen LogP contribution >= 0.6 is 0 Å². The van der Waals surface area contributed by atoms with E-state index in [4.69, 9.17) is 4.74 Å². The van der Waals surface area contributed by atoms with Crippen LogP contribution in [-0.2, 0) is 11.3 Å². The lowest BCUT2D eigenvalue weighted by atomic mass is 10.2. The third kappa shape index (κ3) is 6.12. The van der Waals surface area contributed by atoms with Crippen molar-refractivity contribution in [3.8, 4) is 5.75 Å². The van der Waals surface area contributed by atoms with E-state index < -0.39 is 0 Å². The molecule has 4 heteroatoms. The maximum absolute atomic E-state index is 12.1. The van der Waals surface area contributed by atoms with Crippen LogP contribution in [-0.4, -0.2) is 19.1 Å². The first-order chi connectivity index (χ1) is 11.1. The zero-order chi connectivity index (χ0) is 16.5. The van der Waals surface area contributed by atoms with Crippen LogP contribution in [0.4, 0.5) is 5.69 Å². The number of benzene rings is 2. The number of ether oxygens (including phenoxy) is 1. The quantitative estimate of drug-likeness (QED) is 0.785. The molecule has 2 N–H and O–H groups in total. The molecule has 23 heavy (non-hydrogen) atoms. The van der Waals surface area contributed by atoms with Gasteiger partial charge in [0.2, 0.25) is 5.91 Å². The Morgan fingerprint density at radius 1 is 1.04 bits per heavy atom. The summed E-state index contributed by atoms with van der Waals surface area (Å²) in [6.07, 6.45) is 0. The van der Waals surface area contributed by atoms with Crippen molar-refractivity contribution in [3.05, 3.63) is 60.2 Å². The molecule has 0 radical (unpaired) electrons. The minimum atomic E-state index is -0.0819. The first-order valence-electron chi connectivity index (χ1n) is 7.91. The van der Waals surface area contributed by atoms with E-state index in [1.807, 2.05) is 54.6 Å². The van der Waals surface area contributed by atoms with Crippen LogP contribution in [0.1, 0.15) is 19.4 Å². The van der Waals surface area contributed by atoms with Gasteiger partial charge in [0.25, 0.3) is 0 Å². The van der Waals surface area contributed by atoms with Crippen molar-refractivity contribution in [2.45, 2.75) is 20.4 Å². The first-order valence-corrected chi connectivity index (χ1v) is 7.91. The molecular formula is C19H24N2O2. The second kappa shape index (κ2) is 8.96. The van der Waals surface area contributed by atoms with E-state index in [2.05, 4.69) is 24.5 Å². The van der Waals surface area contributed by atoms with Gasteiger partial charge in [-0.25, -0.2) is 0 Å². The molecule has 2 rings (SSSR count). The van der Waals surface area contributed by atoms with Crippen LogP contribution in [0.3, 0.4) is 0 Å². The van der Waals surface area contributed by atoms with Crippen molar-refractivity contribution < 1.29 is 9.53 Å². The van der Waals surface area contributed by atoms with Crippen molar-refractivity contribution in [3.63, 3.8) is 0 Å². The van der Waals surface area contributed by atoms with E-state index in [-0.39, 0.29) is 12.5 Å². The Morgan fingerprint density at radius 3 is 2.48 bits per heavy atom. The average Bonchev–Trinajstić information content (AvgIpc) is 2.55. The Morgan fingerprint density at radius 2 is 1.74 bits per heavy atom. The largest absolute Gasteiger partial charge is 0.491 e. The lowest BCUT2D eigenvalue weighted by Crippen LogP contribution is -2.27. The van der Waals surface area contributed by atoms with E-state index in [1.165, 1.54) is 0 Å². The third-order valence-electron chi connectivity index (χ3n) is 3.19. The third-order valence-corrected chi connectivity index (χ3v) is 3.19. The lowest BCUT2D eigenvalue weighted by molar-refractivity contribution is -0.115. The minimum absolute atomic E-state index is 0.0819. The molecular weight excluding hydrogens is 288 g/mol. The van der Waals surface area contributed by atoms with Gasteiger partial charge in [0.15, 0.2) is 0 Å². The van der Waals surface area contributed by atoms with Gasteiger partial charge >= 0.3 is 0 Å². The van der Waals surface area contributed by atoms with Gasteiger partial charge in [-0.3, -0.25) is 4.79 Å². The first kappa shape index (κ1) is 17.0. The summed E-state index contributed by atoms with van der Waals surface area (Å²) in [6, 6.07) is 17.5. The predicted molar refractivity (Wildman–Crippen MR) is 93.6 cm³/mol. The molecule has 122 valence electrons. The SMILES string of the molecule is CC(C)COc1ccccc1NC(=O)CNCc1ccccc1. The number of amides is 1. The second-order valence-electron chi connectivity index (χ2n) is 5.84. The molecule has 0 aliphatic heterocycles. The Labute approximate surface area is 137 Å². The van der Waals surface area contributed by atoms with Gasteiger partial charge in [-0.1, -0.05) is 56.3 Å². The highest BCUT2D eigenvalue weighted by Crippen LogP contribution is 2.24. The number of nitrogens with one attached hydrogen (secondary N) is 2. The molecule has 0 aliphatic rings. The lowest BCUT2D eigenvalue weighted by Gasteiger charge is -2.14. The van der Waals surface area contributed by atoms with Crippen LogP contribution < -0.4 is 15.4 Å². The molecule has 2 aromatic rings. The van der Waals surface area contributed by atoms with Gasteiger partial charge in [0.1, 0.15) is 5.75 Å². The van der Waals surface area contributed by atoms with Gasteiger partial charge < -0.3 is 15.4 Å². The van der Waals surface area contributed by atoms with Gasteiger partial charge in [-0.2, -0.15) is 0 Å². The zero-order valence-electron chi connectivity index (χ0n) is 13.7. The van der Waals surface area contributed by atoms with Crippen LogP contribution in [0.2, 0.25) is 0 Å². The normalized spacial score (nSPS) is 10.6. The van der Waals surface area contributed by atoms with Crippen molar-refractivity contribution in [2.24, 2.45) is 5.92 Å². The standard InChI is InChI=1S/C19H24N2O2/c1-15(2)14-23-18-11-7-6-10-17(18)21-19(22)13-20-12-16-8-4-3-5-9-16/h3-11,15,20H,12-14H2,1-2H3,(H,21,22). The van der Waals surface area contributed by atoms with Crippen molar-refractivity contribution in [1.82, 2.24) is 5.32 Å². The summed E-state index contributed by atoms with van der Waals surface area (Å²) >= 11 is 0. The Hall–Kier alpha value is -2.33. The minimum Gasteiger partial charge on any atom is -0.491 e. The maximum atomic E-state index is 12.1. The van der Waals surface area contributed by atoms with Crippen LogP contribution in [0.25, 0.3) is 0 Å². The van der Waals surface area contributed by atoms with Crippen molar-refractivity contribution in [2.75, 3.05) is 18.5 Å². The molecule has 0 heterocycles. The molecule has 0 saturated heterocycles. The van der Waals surface area contributed by atoms with Crippen LogP contribution in [0.15, 0.2) is 54.6 Å². The predicted octanol–water partition coefficient (Wildman–Crippen LogP) is 3.45. The molecule has 0 aliphatic carbocycles. The number of carbonyl (C=O) groups is 1. The Bertz CT molecular complexity index is 612. The van der Waals surface area contributed by atoms with Gasteiger partial charge in [-0.15, -0.1) is 0 Å². The number of para-hydroxylation sites is 2. The summed E-state index contributed by atoms with van der Waals surface area (Å²) in [5.74, 6) is 1.06. The molecule has 1 amide bonds. The summed E-state index contributed by atoms with van der Waals surface area (Å²) in [5, 5.41) is 6.03. The number of carbonyl (C=O) groups excluding carboxylic acids is 1. The molecule has 0 bridgehead atoms. The molecule has 0 spiro atoms. The molecule has 2 aromatic carbocycles. The number of hydrogen-bond donors (Lipinski definition) is 2. The molecule has 0 fully saturated rings. The maximum Gasteiger partial charge on any atom is 0.238 e. The Balaban J connectivity index is 1.83. The summed E-state index contributed by atoms with van der Waals surface area (Å²) in [5.41, 5.74) is 1.86. The van der Waals surface area contributed by atoms with Gasteiger partial charge in [0, 0.05) is 6.54 Å². The highest BCUT2D eigenvalue weighted by Gasteiger charge is 2.08. The van der Waals surface area contributed by atoms with Crippen LogP contribution in [0.5, 0.6) is 5.75 Å². The van der Waals surface area contributed by atoms with E-state index in [0.717, 1.165) is 5.56 Å². The monoisotopic (exact) mass is 312 g/mol. The molecule has 0 atom stereocenters. The summed E-state index contributed by atoms with van der Waals surface area (Å²) in [4.78, 5) is 12.1. The number of hydrogen-bond acceptors (Lipinski definition) is 3. The average molecular weight is 312 g/mol. The van der Waals surface area contributed by atoms with E-state index in [0.29, 0.717) is 30.5 Å². The van der Waals surface area contributed by atoms with Crippen LogP contribution in [0, 0.1) is 5.92 Å².